The second-order valence-corrected chi connectivity index (χ2v) is 8.16. The van der Waals surface area contributed by atoms with Crippen LogP contribution >= 0.6 is 0 Å². The molecule has 1 heterocycles. The summed E-state index contributed by atoms with van der Waals surface area (Å²) in [4.78, 5) is 2.74. The van der Waals surface area contributed by atoms with Gasteiger partial charge in [-0.2, -0.15) is 0 Å². The number of nitrogens with zero attached hydrogens (tertiary/aromatic N) is 1. The van der Waals surface area contributed by atoms with Gasteiger partial charge in [0.05, 0.1) is 0 Å². The standard InChI is InChI=1S/C18H36N2/c1-5-19-17-10-9-16(18(2,3)4)13-15(17)14-20-11-7-6-8-12-20/h15-17,19H,5-14H2,1-4H3. The molecule has 3 atom stereocenters. The Balaban J connectivity index is 1.94. The van der Waals surface area contributed by atoms with E-state index in [1.165, 1.54) is 58.2 Å². The van der Waals surface area contributed by atoms with Gasteiger partial charge in [0.2, 0.25) is 0 Å². The summed E-state index contributed by atoms with van der Waals surface area (Å²) in [7, 11) is 0. The van der Waals surface area contributed by atoms with Crippen molar-refractivity contribution in [1.82, 2.24) is 10.2 Å². The molecule has 0 spiro atoms. The van der Waals surface area contributed by atoms with Crippen molar-refractivity contribution in [3.05, 3.63) is 0 Å². The minimum atomic E-state index is 0.483. The predicted molar refractivity (Wildman–Crippen MR) is 88.0 cm³/mol. The first-order valence-corrected chi connectivity index (χ1v) is 8.96. The molecule has 118 valence electrons. The van der Waals surface area contributed by atoms with Crippen LogP contribution in [0.4, 0.5) is 0 Å². The summed E-state index contributed by atoms with van der Waals surface area (Å²) < 4.78 is 0. The van der Waals surface area contributed by atoms with E-state index in [4.69, 9.17) is 0 Å². The van der Waals surface area contributed by atoms with Crippen molar-refractivity contribution in [3.8, 4) is 0 Å². The normalized spacial score (nSPS) is 33.3. The highest BCUT2D eigenvalue weighted by atomic mass is 15.1. The monoisotopic (exact) mass is 280 g/mol. The molecule has 0 bridgehead atoms. The molecule has 2 fully saturated rings. The Labute approximate surface area is 126 Å². The van der Waals surface area contributed by atoms with Crippen molar-refractivity contribution in [2.24, 2.45) is 17.3 Å². The molecule has 0 radical (unpaired) electrons. The third-order valence-corrected chi connectivity index (χ3v) is 5.61. The number of rotatable bonds is 4. The Morgan fingerprint density at radius 3 is 2.35 bits per heavy atom. The summed E-state index contributed by atoms with van der Waals surface area (Å²) in [5.41, 5.74) is 0.483. The lowest BCUT2D eigenvalue weighted by molar-refractivity contribution is 0.0818. The van der Waals surface area contributed by atoms with Crippen LogP contribution in [0.2, 0.25) is 0 Å². The van der Waals surface area contributed by atoms with E-state index in [0.29, 0.717) is 5.41 Å². The second-order valence-electron chi connectivity index (χ2n) is 8.16. The largest absolute Gasteiger partial charge is 0.314 e. The van der Waals surface area contributed by atoms with Crippen molar-refractivity contribution >= 4 is 0 Å². The van der Waals surface area contributed by atoms with E-state index in [9.17, 15) is 0 Å². The summed E-state index contributed by atoms with van der Waals surface area (Å²) >= 11 is 0. The minimum Gasteiger partial charge on any atom is -0.314 e. The van der Waals surface area contributed by atoms with Gasteiger partial charge in [-0.1, -0.05) is 34.1 Å². The van der Waals surface area contributed by atoms with Crippen molar-refractivity contribution in [3.63, 3.8) is 0 Å². The molecule has 2 heteroatoms. The molecule has 2 aliphatic rings. The molecular weight excluding hydrogens is 244 g/mol. The van der Waals surface area contributed by atoms with Gasteiger partial charge in [0, 0.05) is 12.6 Å². The van der Waals surface area contributed by atoms with Crippen LogP contribution in [-0.4, -0.2) is 37.1 Å². The van der Waals surface area contributed by atoms with Gasteiger partial charge in [-0.05, 0) is 69.0 Å². The average Bonchev–Trinajstić information content (AvgIpc) is 2.41. The van der Waals surface area contributed by atoms with Crippen molar-refractivity contribution in [2.45, 2.75) is 72.3 Å². The summed E-state index contributed by atoms with van der Waals surface area (Å²) in [6.45, 7) is 14.7. The minimum absolute atomic E-state index is 0.483. The smallest absolute Gasteiger partial charge is 0.0108 e. The van der Waals surface area contributed by atoms with Gasteiger partial charge >= 0.3 is 0 Å². The molecule has 0 amide bonds. The maximum absolute atomic E-state index is 3.77. The molecule has 3 unspecified atom stereocenters. The molecule has 1 saturated heterocycles. The molecule has 0 aromatic carbocycles. The van der Waals surface area contributed by atoms with E-state index in [-0.39, 0.29) is 0 Å². The third-order valence-electron chi connectivity index (χ3n) is 5.61. The predicted octanol–water partition coefficient (Wildman–Crippen LogP) is 3.91. The number of piperidine rings is 1. The molecule has 1 N–H and O–H groups in total. The van der Waals surface area contributed by atoms with Crippen molar-refractivity contribution < 1.29 is 0 Å². The third kappa shape index (κ3) is 4.46. The van der Waals surface area contributed by atoms with Crippen molar-refractivity contribution in [1.29, 1.82) is 0 Å². The molecule has 0 aromatic heterocycles. The molecule has 1 saturated carbocycles. The quantitative estimate of drug-likeness (QED) is 0.840. The van der Waals surface area contributed by atoms with E-state index in [0.717, 1.165) is 24.4 Å². The highest BCUT2D eigenvalue weighted by Crippen LogP contribution is 2.40. The van der Waals surface area contributed by atoms with Crippen molar-refractivity contribution in [2.75, 3.05) is 26.2 Å². The lowest BCUT2D eigenvalue weighted by Gasteiger charge is -2.44. The van der Waals surface area contributed by atoms with Crippen LogP contribution < -0.4 is 5.32 Å². The maximum Gasteiger partial charge on any atom is 0.0108 e. The molecule has 2 rings (SSSR count). The molecule has 20 heavy (non-hydrogen) atoms. The Morgan fingerprint density at radius 1 is 1.05 bits per heavy atom. The van der Waals surface area contributed by atoms with E-state index in [1.54, 1.807) is 0 Å². The first kappa shape index (κ1) is 16.3. The fourth-order valence-electron chi connectivity index (χ4n) is 4.26. The Hall–Kier alpha value is -0.0800. The Kier molecular flexibility index (Phi) is 5.92. The summed E-state index contributed by atoms with van der Waals surface area (Å²) in [6, 6.07) is 0.764. The first-order chi connectivity index (χ1) is 9.50. The first-order valence-electron chi connectivity index (χ1n) is 8.96. The molecule has 1 aliphatic carbocycles. The van der Waals surface area contributed by atoms with Gasteiger partial charge in [0.1, 0.15) is 0 Å². The Bertz CT molecular complexity index is 276. The van der Waals surface area contributed by atoms with Crippen LogP contribution in [-0.2, 0) is 0 Å². The molecular formula is C18H36N2. The van der Waals surface area contributed by atoms with E-state index in [2.05, 4.69) is 37.9 Å². The SMILES string of the molecule is CCNC1CCC(C(C)(C)C)CC1CN1CCCCC1. The molecule has 0 aromatic rings. The van der Waals surface area contributed by atoms with E-state index in [1.807, 2.05) is 0 Å². The second kappa shape index (κ2) is 7.26. The van der Waals surface area contributed by atoms with Gasteiger partial charge < -0.3 is 10.2 Å². The molecule has 1 aliphatic heterocycles. The highest BCUT2D eigenvalue weighted by molar-refractivity contribution is 4.90. The maximum atomic E-state index is 3.77. The molecule has 2 nitrogen and oxygen atoms in total. The highest BCUT2D eigenvalue weighted by Gasteiger charge is 2.36. The zero-order valence-electron chi connectivity index (χ0n) is 14.3. The lowest BCUT2D eigenvalue weighted by Crippen LogP contribution is -2.48. The number of nitrogens with one attached hydrogen (secondary N) is 1. The van der Waals surface area contributed by atoms with Crippen LogP contribution in [0.25, 0.3) is 0 Å². The number of hydrogen-bond donors (Lipinski definition) is 1. The van der Waals surface area contributed by atoms with Crippen LogP contribution in [0.5, 0.6) is 0 Å². The van der Waals surface area contributed by atoms with Crippen LogP contribution in [0.1, 0.15) is 66.2 Å². The summed E-state index contributed by atoms with van der Waals surface area (Å²) in [5.74, 6) is 1.78. The zero-order valence-corrected chi connectivity index (χ0v) is 14.3. The summed E-state index contributed by atoms with van der Waals surface area (Å²) in [6.07, 6.45) is 8.51. The van der Waals surface area contributed by atoms with Crippen LogP contribution in [0, 0.1) is 17.3 Å². The van der Waals surface area contributed by atoms with Gasteiger partial charge in [-0.15, -0.1) is 0 Å². The number of likely N-dealkylation sites (tertiary alicyclic amines) is 1. The van der Waals surface area contributed by atoms with E-state index >= 15 is 0 Å². The van der Waals surface area contributed by atoms with E-state index < -0.39 is 0 Å². The average molecular weight is 280 g/mol. The van der Waals surface area contributed by atoms with Gasteiger partial charge in [0.25, 0.3) is 0 Å². The van der Waals surface area contributed by atoms with Crippen LogP contribution in [0.15, 0.2) is 0 Å². The van der Waals surface area contributed by atoms with Crippen LogP contribution in [0.3, 0.4) is 0 Å². The fourth-order valence-corrected chi connectivity index (χ4v) is 4.26. The lowest BCUT2D eigenvalue weighted by atomic mass is 9.67. The topological polar surface area (TPSA) is 15.3 Å². The van der Waals surface area contributed by atoms with Gasteiger partial charge in [-0.25, -0.2) is 0 Å². The number of hydrogen-bond acceptors (Lipinski definition) is 2. The zero-order chi connectivity index (χ0) is 14.6. The van der Waals surface area contributed by atoms with Gasteiger partial charge in [0.15, 0.2) is 0 Å². The van der Waals surface area contributed by atoms with Gasteiger partial charge in [-0.3, -0.25) is 0 Å². The summed E-state index contributed by atoms with van der Waals surface area (Å²) in [5, 5.41) is 3.77. The fraction of sp³-hybridized carbons (Fsp3) is 1.00. The Morgan fingerprint density at radius 2 is 1.75 bits per heavy atom.